The summed E-state index contributed by atoms with van der Waals surface area (Å²) in [4.78, 5) is 0. The smallest absolute Gasteiger partial charge is 0.0352 e. The quantitative estimate of drug-likeness (QED) is 0.128. The highest BCUT2D eigenvalue weighted by atomic mass is 14.3. The first-order valence-corrected chi connectivity index (χ1v) is 15.2. The van der Waals surface area contributed by atoms with E-state index in [1.54, 1.807) is 0 Å². The molecule has 0 nitrogen and oxygen atoms in total. The van der Waals surface area contributed by atoms with Crippen molar-refractivity contribution in [3.05, 3.63) is 215 Å². The molecule has 210 valence electrons. The number of hydrogen-bond donors (Lipinski definition) is 0. The van der Waals surface area contributed by atoms with Crippen molar-refractivity contribution in [3.63, 3.8) is 0 Å². The fourth-order valence-electron chi connectivity index (χ4n) is 6.81. The van der Waals surface area contributed by atoms with Crippen LogP contribution in [-0.4, -0.2) is 0 Å². The molecule has 7 rings (SSSR count). The average Bonchev–Trinajstić information content (AvgIpc) is 3.11. The maximum atomic E-state index is 3.98. The fourth-order valence-corrected chi connectivity index (χ4v) is 6.81. The number of fused-ring (bicyclic) bond motifs is 2. The average molecular weight is 563 g/mol. The van der Waals surface area contributed by atoms with E-state index >= 15 is 0 Å². The summed E-state index contributed by atoms with van der Waals surface area (Å²) in [7, 11) is 0. The van der Waals surface area contributed by atoms with Gasteiger partial charge >= 0.3 is 0 Å². The first-order chi connectivity index (χ1) is 21.8. The van der Waals surface area contributed by atoms with Crippen LogP contribution in [0.5, 0.6) is 0 Å². The maximum absolute atomic E-state index is 3.98. The van der Waals surface area contributed by atoms with Gasteiger partial charge < -0.3 is 0 Å². The molecule has 0 heterocycles. The summed E-state index contributed by atoms with van der Waals surface area (Å²) in [6.45, 7) is 7.97. The summed E-state index contributed by atoms with van der Waals surface area (Å²) in [6.07, 6.45) is 3.82. The van der Waals surface area contributed by atoms with Crippen molar-refractivity contribution in [2.24, 2.45) is 0 Å². The SMILES string of the molecule is C=Cc1ccc(C(c2ccccc2)c2c3ccccc3c(C(c3ccccc3)c3ccc(C=C)cc3)c3ccccc23)cc1. The Kier molecular flexibility index (Phi) is 7.49. The van der Waals surface area contributed by atoms with Crippen molar-refractivity contribution >= 4 is 33.7 Å². The first-order valence-electron chi connectivity index (χ1n) is 15.2. The van der Waals surface area contributed by atoms with E-state index in [2.05, 4.69) is 171 Å². The molecule has 0 N–H and O–H groups in total. The van der Waals surface area contributed by atoms with Gasteiger partial charge in [-0.1, -0.05) is 183 Å². The van der Waals surface area contributed by atoms with Gasteiger partial charge in [0.05, 0.1) is 0 Å². The minimum Gasteiger partial charge on any atom is -0.0985 e. The third kappa shape index (κ3) is 4.95. The number of rotatable bonds is 8. The van der Waals surface area contributed by atoms with Crippen LogP contribution >= 0.6 is 0 Å². The van der Waals surface area contributed by atoms with Crippen LogP contribution in [0.4, 0.5) is 0 Å². The zero-order valence-corrected chi connectivity index (χ0v) is 24.7. The zero-order valence-electron chi connectivity index (χ0n) is 24.7. The van der Waals surface area contributed by atoms with Gasteiger partial charge in [0.1, 0.15) is 0 Å². The topological polar surface area (TPSA) is 0 Å². The molecule has 0 heteroatoms. The number of benzene rings is 7. The zero-order chi connectivity index (χ0) is 29.9. The summed E-state index contributed by atoms with van der Waals surface area (Å²) in [5, 5.41) is 5.14. The molecule has 7 aromatic rings. The molecule has 0 bridgehead atoms. The maximum Gasteiger partial charge on any atom is 0.0352 e. The summed E-state index contributed by atoms with van der Waals surface area (Å²) >= 11 is 0. The van der Waals surface area contributed by atoms with E-state index in [1.807, 2.05) is 12.2 Å². The molecule has 7 aromatic carbocycles. The Balaban J connectivity index is 1.59. The molecular weight excluding hydrogens is 528 g/mol. The Morgan fingerprint density at radius 3 is 0.886 bits per heavy atom. The fraction of sp³-hybridized carbons (Fsp3) is 0.0455. The highest BCUT2D eigenvalue weighted by Gasteiger charge is 2.27. The van der Waals surface area contributed by atoms with Crippen LogP contribution in [0.1, 0.15) is 56.3 Å². The molecule has 0 saturated heterocycles. The second-order valence-corrected chi connectivity index (χ2v) is 11.3. The third-order valence-electron chi connectivity index (χ3n) is 8.87. The molecule has 44 heavy (non-hydrogen) atoms. The normalized spacial score (nSPS) is 12.5. The van der Waals surface area contributed by atoms with Gasteiger partial charge in [0, 0.05) is 11.8 Å². The summed E-state index contributed by atoms with van der Waals surface area (Å²) in [6, 6.07) is 57.6. The van der Waals surface area contributed by atoms with Crippen molar-refractivity contribution in [3.8, 4) is 0 Å². The van der Waals surface area contributed by atoms with Crippen molar-refractivity contribution in [1.82, 2.24) is 0 Å². The van der Waals surface area contributed by atoms with Gasteiger partial charge in [-0.15, -0.1) is 0 Å². The van der Waals surface area contributed by atoms with Crippen molar-refractivity contribution in [1.29, 1.82) is 0 Å². The lowest BCUT2D eigenvalue weighted by molar-refractivity contribution is 0.985. The van der Waals surface area contributed by atoms with E-state index in [4.69, 9.17) is 0 Å². The molecule has 0 amide bonds. The molecule has 0 aromatic heterocycles. The lowest BCUT2D eigenvalue weighted by Gasteiger charge is -2.28. The van der Waals surface area contributed by atoms with Gasteiger partial charge in [-0.05, 0) is 66.1 Å². The van der Waals surface area contributed by atoms with Crippen LogP contribution in [-0.2, 0) is 0 Å². The van der Waals surface area contributed by atoms with Crippen LogP contribution in [0, 0.1) is 0 Å². The highest BCUT2D eigenvalue weighted by molar-refractivity contribution is 6.08. The lowest BCUT2D eigenvalue weighted by Crippen LogP contribution is -2.10. The van der Waals surface area contributed by atoms with Gasteiger partial charge in [0.25, 0.3) is 0 Å². The van der Waals surface area contributed by atoms with E-state index < -0.39 is 0 Å². The molecule has 0 spiro atoms. The van der Waals surface area contributed by atoms with E-state index in [-0.39, 0.29) is 11.8 Å². The van der Waals surface area contributed by atoms with Crippen LogP contribution < -0.4 is 0 Å². The Morgan fingerprint density at radius 2 is 0.591 bits per heavy atom. The van der Waals surface area contributed by atoms with Crippen molar-refractivity contribution in [2.45, 2.75) is 11.8 Å². The second kappa shape index (κ2) is 12.0. The number of hydrogen-bond acceptors (Lipinski definition) is 0. The van der Waals surface area contributed by atoms with Crippen LogP contribution in [0.3, 0.4) is 0 Å². The van der Waals surface area contributed by atoms with Gasteiger partial charge in [-0.25, -0.2) is 0 Å². The van der Waals surface area contributed by atoms with E-state index in [9.17, 15) is 0 Å². The molecule has 0 aliphatic rings. The van der Waals surface area contributed by atoms with Gasteiger partial charge in [-0.2, -0.15) is 0 Å². The molecule has 0 fully saturated rings. The Bertz CT molecular complexity index is 1860. The summed E-state index contributed by atoms with van der Waals surface area (Å²) < 4.78 is 0. The predicted molar refractivity (Wildman–Crippen MR) is 189 cm³/mol. The molecule has 2 atom stereocenters. The molecular formula is C44H34. The Morgan fingerprint density at radius 1 is 0.318 bits per heavy atom. The van der Waals surface area contributed by atoms with Crippen LogP contribution in [0.2, 0.25) is 0 Å². The Hall–Kier alpha value is -5.46. The molecule has 0 aliphatic carbocycles. The van der Waals surface area contributed by atoms with Gasteiger partial charge in [-0.3, -0.25) is 0 Å². The second-order valence-electron chi connectivity index (χ2n) is 11.3. The molecule has 0 radical (unpaired) electrons. The summed E-state index contributed by atoms with van der Waals surface area (Å²) in [5.74, 6) is 0.113. The minimum atomic E-state index is 0.0564. The minimum absolute atomic E-state index is 0.0564. The van der Waals surface area contributed by atoms with Crippen molar-refractivity contribution in [2.75, 3.05) is 0 Å². The monoisotopic (exact) mass is 562 g/mol. The molecule has 0 aliphatic heterocycles. The van der Waals surface area contributed by atoms with Crippen LogP contribution in [0.15, 0.2) is 171 Å². The third-order valence-corrected chi connectivity index (χ3v) is 8.87. The largest absolute Gasteiger partial charge is 0.0985 e. The molecule has 2 unspecified atom stereocenters. The predicted octanol–water partition coefficient (Wildman–Crippen LogP) is 11.6. The standard InChI is InChI=1S/C44H34/c1-3-31-23-27-35(28-24-31)41(33-15-7-5-8-16-33)43-37-19-11-13-21-39(37)44(40-22-14-12-20-38(40)43)42(34-17-9-6-10-18-34)36-29-25-32(4-2)26-30-36/h3-30,41-42H,1-2H2. The van der Waals surface area contributed by atoms with E-state index in [0.29, 0.717) is 0 Å². The first kappa shape index (κ1) is 27.4. The van der Waals surface area contributed by atoms with Crippen molar-refractivity contribution < 1.29 is 0 Å². The van der Waals surface area contributed by atoms with E-state index in [0.717, 1.165) is 11.1 Å². The molecule has 0 saturated carbocycles. The Labute approximate surface area is 260 Å². The van der Waals surface area contributed by atoms with Gasteiger partial charge in [0.2, 0.25) is 0 Å². The van der Waals surface area contributed by atoms with Gasteiger partial charge in [0.15, 0.2) is 0 Å². The van der Waals surface area contributed by atoms with E-state index in [1.165, 1.54) is 54.9 Å². The summed E-state index contributed by atoms with van der Waals surface area (Å²) in [5.41, 5.74) is 10.0. The lowest BCUT2D eigenvalue weighted by atomic mass is 9.75. The van der Waals surface area contributed by atoms with Crippen LogP contribution in [0.25, 0.3) is 33.7 Å². The highest BCUT2D eigenvalue weighted by Crippen LogP contribution is 2.47.